The molecular weight excluding hydrogens is 188 g/mol. The highest BCUT2D eigenvalue weighted by molar-refractivity contribution is 5.48. The lowest BCUT2D eigenvalue weighted by Gasteiger charge is -2.42. The molecule has 4 nitrogen and oxygen atoms in total. The standard InChI is InChI=1S/C11H18N4/c1-8(2)10-11(14-5-4-13-10)15-6-3-9(15)7-12/h4-5,8-9H,3,6-7,12H2,1-2H3. The van der Waals surface area contributed by atoms with E-state index in [9.17, 15) is 0 Å². The molecule has 2 rings (SSSR count). The van der Waals surface area contributed by atoms with E-state index in [1.54, 1.807) is 12.4 Å². The predicted molar refractivity (Wildman–Crippen MR) is 60.9 cm³/mol. The zero-order chi connectivity index (χ0) is 10.8. The summed E-state index contributed by atoms with van der Waals surface area (Å²) in [7, 11) is 0. The summed E-state index contributed by atoms with van der Waals surface area (Å²) in [6.07, 6.45) is 4.69. The van der Waals surface area contributed by atoms with E-state index in [1.165, 1.54) is 6.42 Å². The van der Waals surface area contributed by atoms with Crippen molar-refractivity contribution < 1.29 is 0 Å². The Morgan fingerprint density at radius 2 is 2.20 bits per heavy atom. The second-order valence-electron chi connectivity index (χ2n) is 4.29. The van der Waals surface area contributed by atoms with Crippen LogP contribution in [0.2, 0.25) is 0 Å². The van der Waals surface area contributed by atoms with Crippen molar-refractivity contribution in [2.45, 2.75) is 32.2 Å². The first kappa shape index (κ1) is 10.4. The number of aromatic nitrogens is 2. The highest BCUT2D eigenvalue weighted by Crippen LogP contribution is 2.29. The first-order valence-electron chi connectivity index (χ1n) is 5.51. The van der Waals surface area contributed by atoms with Crippen molar-refractivity contribution in [1.82, 2.24) is 9.97 Å². The van der Waals surface area contributed by atoms with Gasteiger partial charge in [-0.25, -0.2) is 4.98 Å². The summed E-state index contributed by atoms with van der Waals surface area (Å²) in [4.78, 5) is 11.1. The Bertz CT molecular complexity index is 335. The van der Waals surface area contributed by atoms with Crippen molar-refractivity contribution >= 4 is 5.82 Å². The van der Waals surface area contributed by atoms with Crippen LogP contribution in [-0.2, 0) is 0 Å². The van der Waals surface area contributed by atoms with Gasteiger partial charge in [-0.3, -0.25) is 4.98 Å². The lowest BCUT2D eigenvalue weighted by Crippen LogP contribution is -2.52. The van der Waals surface area contributed by atoms with E-state index in [0.717, 1.165) is 18.1 Å². The van der Waals surface area contributed by atoms with Gasteiger partial charge in [0, 0.05) is 31.5 Å². The topological polar surface area (TPSA) is 55.0 Å². The molecule has 0 amide bonds. The number of hydrogen-bond acceptors (Lipinski definition) is 4. The van der Waals surface area contributed by atoms with Crippen molar-refractivity contribution in [1.29, 1.82) is 0 Å². The SMILES string of the molecule is CC(C)c1nccnc1N1CCC1CN. The van der Waals surface area contributed by atoms with Crippen molar-refractivity contribution in [3.63, 3.8) is 0 Å². The van der Waals surface area contributed by atoms with Crippen molar-refractivity contribution in [2.75, 3.05) is 18.0 Å². The zero-order valence-corrected chi connectivity index (χ0v) is 9.35. The van der Waals surface area contributed by atoms with E-state index in [4.69, 9.17) is 5.73 Å². The molecule has 4 heteroatoms. The highest BCUT2D eigenvalue weighted by atomic mass is 15.3. The van der Waals surface area contributed by atoms with E-state index in [0.29, 0.717) is 18.5 Å². The third-order valence-corrected chi connectivity index (χ3v) is 2.94. The van der Waals surface area contributed by atoms with Gasteiger partial charge in [0.05, 0.1) is 5.69 Å². The predicted octanol–water partition coefficient (Wildman–Crippen LogP) is 1.14. The van der Waals surface area contributed by atoms with Gasteiger partial charge in [-0.2, -0.15) is 0 Å². The number of rotatable bonds is 3. The monoisotopic (exact) mass is 206 g/mol. The first-order valence-corrected chi connectivity index (χ1v) is 5.51. The zero-order valence-electron chi connectivity index (χ0n) is 9.35. The molecule has 0 saturated carbocycles. The van der Waals surface area contributed by atoms with Gasteiger partial charge < -0.3 is 10.6 Å². The Morgan fingerprint density at radius 3 is 2.73 bits per heavy atom. The molecule has 0 aromatic carbocycles. The summed E-state index contributed by atoms with van der Waals surface area (Å²) in [6, 6.07) is 0.458. The van der Waals surface area contributed by atoms with Crippen LogP contribution in [0.15, 0.2) is 12.4 Å². The third kappa shape index (κ3) is 1.81. The minimum Gasteiger partial charge on any atom is -0.351 e. The number of anilines is 1. The summed E-state index contributed by atoms with van der Waals surface area (Å²) < 4.78 is 0. The minimum absolute atomic E-state index is 0.410. The van der Waals surface area contributed by atoms with Crippen LogP contribution < -0.4 is 10.6 Å². The largest absolute Gasteiger partial charge is 0.351 e. The molecule has 1 aromatic rings. The van der Waals surface area contributed by atoms with Gasteiger partial charge in [0.15, 0.2) is 5.82 Å². The number of nitrogens with zero attached hydrogens (tertiary/aromatic N) is 3. The van der Waals surface area contributed by atoms with Gasteiger partial charge in [0.1, 0.15) is 0 Å². The maximum atomic E-state index is 5.70. The fourth-order valence-corrected chi connectivity index (χ4v) is 1.93. The molecule has 1 fully saturated rings. The summed E-state index contributed by atoms with van der Waals surface area (Å²) in [6.45, 7) is 6.05. The summed E-state index contributed by atoms with van der Waals surface area (Å²) in [5.41, 5.74) is 6.78. The van der Waals surface area contributed by atoms with Crippen molar-refractivity contribution in [3.8, 4) is 0 Å². The Labute approximate surface area is 90.5 Å². The number of hydrogen-bond donors (Lipinski definition) is 1. The molecule has 1 atom stereocenters. The van der Waals surface area contributed by atoms with Crippen LogP contribution in [0.1, 0.15) is 31.9 Å². The van der Waals surface area contributed by atoms with Crippen molar-refractivity contribution in [3.05, 3.63) is 18.1 Å². The Kier molecular flexibility index (Phi) is 2.86. The second-order valence-corrected chi connectivity index (χ2v) is 4.29. The van der Waals surface area contributed by atoms with Crippen LogP contribution >= 0.6 is 0 Å². The molecule has 0 aliphatic carbocycles. The molecule has 1 aliphatic heterocycles. The fraction of sp³-hybridized carbons (Fsp3) is 0.636. The van der Waals surface area contributed by atoms with Crippen LogP contribution in [0.3, 0.4) is 0 Å². The molecule has 0 bridgehead atoms. The van der Waals surface area contributed by atoms with Crippen LogP contribution in [0.5, 0.6) is 0 Å². The molecule has 1 unspecified atom stereocenters. The van der Waals surface area contributed by atoms with E-state index >= 15 is 0 Å². The molecule has 0 radical (unpaired) electrons. The van der Waals surface area contributed by atoms with Crippen LogP contribution in [0.4, 0.5) is 5.82 Å². The van der Waals surface area contributed by atoms with Gasteiger partial charge in [0.2, 0.25) is 0 Å². The van der Waals surface area contributed by atoms with Gasteiger partial charge in [-0.05, 0) is 12.3 Å². The molecule has 1 aromatic heterocycles. The molecule has 2 heterocycles. The maximum absolute atomic E-state index is 5.70. The summed E-state index contributed by atoms with van der Waals surface area (Å²) in [5.74, 6) is 1.43. The maximum Gasteiger partial charge on any atom is 0.150 e. The summed E-state index contributed by atoms with van der Waals surface area (Å²) >= 11 is 0. The van der Waals surface area contributed by atoms with E-state index in [-0.39, 0.29) is 0 Å². The van der Waals surface area contributed by atoms with Crippen LogP contribution in [-0.4, -0.2) is 29.1 Å². The minimum atomic E-state index is 0.410. The van der Waals surface area contributed by atoms with E-state index in [2.05, 4.69) is 28.7 Å². The van der Waals surface area contributed by atoms with Gasteiger partial charge >= 0.3 is 0 Å². The summed E-state index contributed by atoms with van der Waals surface area (Å²) in [5, 5.41) is 0. The lowest BCUT2D eigenvalue weighted by atomic mass is 10.0. The van der Waals surface area contributed by atoms with Gasteiger partial charge in [0.25, 0.3) is 0 Å². The lowest BCUT2D eigenvalue weighted by molar-refractivity contribution is 0.448. The molecule has 82 valence electrons. The molecule has 15 heavy (non-hydrogen) atoms. The third-order valence-electron chi connectivity index (χ3n) is 2.94. The van der Waals surface area contributed by atoms with E-state index in [1.807, 2.05) is 0 Å². The van der Waals surface area contributed by atoms with Gasteiger partial charge in [-0.1, -0.05) is 13.8 Å². The average Bonchev–Trinajstić information content (AvgIpc) is 2.17. The second kappa shape index (κ2) is 4.14. The Hall–Kier alpha value is -1.16. The highest BCUT2D eigenvalue weighted by Gasteiger charge is 2.30. The molecule has 1 aliphatic rings. The number of nitrogens with two attached hydrogens (primary N) is 1. The van der Waals surface area contributed by atoms with Gasteiger partial charge in [-0.15, -0.1) is 0 Å². The Morgan fingerprint density at radius 1 is 1.47 bits per heavy atom. The normalized spacial score (nSPS) is 20.5. The fourth-order valence-electron chi connectivity index (χ4n) is 1.93. The molecular formula is C11H18N4. The van der Waals surface area contributed by atoms with Crippen LogP contribution in [0, 0.1) is 0 Å². The smallest absolute Gasteiger partial charge is 0.150 e. The molecule has 2 N–H and O–H groups in total. The van der Waals surface area contributed by atoms with E-state index < -0.39 is 0 Å². The average molecular weight is 206 g/mol. The first-order chi connectivity index (χ1) is 7.24. The van der Waals surface area contributed by atoms with Crippen molar-refractivity contribution in [2.24, 2.45) is 5.73 Å². The Balaban J connectivity index is 2.27. The van der Waals surface area contributed by atoms with Crippen LogP contribution in [0.25, 0.3) is 0 Å². The quantitative estimate of drug-likeness (QED) is 0.805. The molecule has 1 saturated heterocycles. The molecule has 0 spiro atoms.